The Hall–Kier alpha value is -1.48. The number of nitrogens with zero attached hydrogens (tertiary/aromatic N) is 1. The first-order valence-corrected chi connectivity index (χ1v) is 11.9. The van der Waals surface area contributed by atoms with Gasteiger partial charge < -0.3 is 15.7 Å². The average Bonchev–Trinajstić information content (AvgIpc) is 3.50. The number of carbonyl (C=O) groups is 1. The maximum atomic E-state index is 13.0. The molecule has 0 saturated heterocycles. The highest BCUT2D eigenvalue weighted by molar-refractivity contribution is 7.90. The van der Waals surface area contributed by atoms with Crippen LogP contribution in [0.5, 0.6) is 0 Å². The number of anilines is 1. The summed E-state index contributed by atoms with van der Waals surface area (Å²) in [6.45, 7) is 4.54. The van der Waals surface area contributed by atoms with Gasteiger partial charge in [-0.2, -0.15) is 0 Å². The predicted octanol–water partition coefficient (Wildman–Crippen LogP) is 1.54. The highest BCUT2D eigenvalue weighted by Gasteiger charge is 2.36. The van der Waals surface area contributed by atoms with E-state index in [-0.39, 0.29) is 17.7 Å². The number of nitrogens with two attached hydrogens (primary N) is 1. The summed E-state index contributed by atoms with van der Waals surface area (Å²) in [5.74, 6) is 0.0540. The Balaban J connectivity index is 1.54. The Kier molecular flexibility index (Phi) is 6.67. The molecular formula is C21H33N3O4S. The number of sulfonamides is 1. The number of aliphatic hydroxyl groups is 1. The van der Waals surface area contributed by atoms with Gasteiger partial charge in [0.25, 0.3) is 0 Å². The third-order valence-electron chi connectivity index (χ3n) is 5.78. The monoisotopic (exact) mass is 423 g/mol. The zero-order valence-corrected chi connectivity index (χ0v) is 18.1. The fraction of sp³-hybridized carbons (Fsp3) is 0.667. The van der Waals surface area contributed by atoms with Crippen molar-refractivity contribution in [3.8, 4) is 0 Å². The summed E-state index contributed by atoms with van der Waals surface area (Å²) in [4.78, 5) is 14.9. The highest BCUT2D eigenvalue weighted by Crippen LogP contribution is 2.32. The number of fused-ring (bicyclic) bond motifs is 1. The molecule has 1 aromatic carbocycles. The molecule has 0 spiro atoms. The molecule has 1 heterocycles. The van der Waals surface area contributed by atoms with E-state index in [0.717, 1.165) is 18.5 Å². The number of rotatable bonds is 9. The molecule has 1 aliphatic carbocycles. The van der Waals surface area contributed by atoms with Crippen molar-refractivity contribution in [2.24, 2.45) is 11.1 Å². The maximum absolute atomic E-state index is 13.0. The number of benzene rings is 1. The van der Waals surface area contributed by atoms with Gasteiger partial charge in [-0.05, 0) is 49.1 Å². The number of aliphatic hydroxyl groups excluding tert-OH is 1. The molecular weight excluding hydrogens is 390 g/mol. The van der Waals surface area contributed by atoms with Crippen molar-refractivity contribution < 1.29 is 18.3 Å². The Morgan fingerprint density at radius 3 is 2.72 bits per heavy atom. The summed E-state index contributed by atoms with van der Waals surface area (Å²) in [7, 11) is -3.35. The van der Waals surface area contributed by atoms with Crippen LogP contribution >= 0.6 is 0 Å². The number of amides is 1. The molecule has 162 valence electrons. The second-order valence-electron chi connectivity index (χ2n) is 9.15. The Labute approximate surface area is 173 Å². The predicted molar refractivity (Wildman–Crippen MR) is 114 cm³/mol. The second kappa shape index (κ2) is 8.71. The van der Waals surface area contributed by atoms with E-state index in [1.165, 1.54) is 5.56 Å². The number of aryl methyl sites for hydroxylation is 1. The number of hydrogen-bond acceptors (Lipinski definition) is 5. The molecule has 3 rings (SSSR count). The van der Waals surface area contributed by atoms with E-state index in [0.29, 0.717) is 32.2 Å². The molecule has 8 heteroatoms. The summed E-state index contributed by atoms with van der Waals surface area (Å²) in [5, 5.41) is 9.99. The fourth-order valence-electron chi connectivity index (χ4n) is 3.99. The maximum Gasteiger partial charge on any atom is 0.227 e. The normalized spacial score (nSPS) is 19.5. The Morgan fingerprint density at radius 1 is 1.34 bits per heavy atom. The van der Waals surface area contributed by atoms with Gasteiger partial charge in [0.1, 0.15) is 0 Å². The van der Waals surface area contributed by atoms with Crippen LogP contribution < -0.4 is 15.4 Å². The van der Waals surface area contributed by atoms with Gasteiger partial charge in [0.05, 0.1) is 11.4 Å². The van der Waals surface area contributed by atoms with Gasteiger partial charge in [-0.25, -0.2) is 13.1 Å². The van der Waals surface area contributed by atoms with Gasteiger partial charge in [-0.1, -0.05) is 32.0 Å². The second-order valence-corrected chi connectivity index (χ2v) is 11.2. The van der Waals surface area contributed by atoms with Crippen LogP contribution in [0.3, 0.4) is 0 Å². The lowest BCUT2D eigenvalue weighted by Gasteiger charge is -2.34. The fourth-order valence-corrected chi connectivity index (χ4v) is 5.39. The molecule has 1 fully saturated rings. The van der Waals surface area contributed by atoms with E-state index >= 15 is 0 Å². The van der Waals surface area contributed by atoms with Gasteiger partial charge in [0, 0.05) is 31.2 Å². The van der Waals surface area contributed by atoms with Crippen LogP contribution in [0.4, 0.5) is 5.69 Å². The molecule has 7 nitrogen and oxygen atoms in total. The average molecular weight is 424 g/mol. The van der Waals surface area contributed by atoms with Crippen molar-refractivity contribution in [2.75, 3.05) is 18.0 Å². The van der Waals surface area contributed by atoms with Crippen LogP contribution in [0.1, 0.15) is 51.5 Å². The number of nitrogens with one attached hydrogen (secondary N) is 1. The molecule has 2 atom stereocenters. The van der Waals surface area contributed by atoms with E-state index in [1.807, 2.05) is 36.9 Å². The van der Waals surface area contributed by atoms with Crippen LogP contribution in [-0.2, 0) is 21.2 Å². The van der Waals surface area contributed by atoms with Crippen LogP contribution in [0.15, 0.2) is 24.3 Å². The summed E-state index contributed by atoms with van der Waals surface area (Å²) in [6.07, 6.45) is 3.02. The van der Waals surface area contributed by atoms with Crippen molar-refractivity contribution in [3.63, 3.8) is 0 Å². The third-order valence-corrected chi connectivity index (χ3v) is 7.70. The molecule has 0 bridgehead atoms. The molecule has 2 aliphatic rings. The summed E-state index contributed by atoms with van der Waals surface area (Å²) in [5.41, 5.74) is 7.91. The summed E-state index contributed by atoms with van der Waals surface area (Å²) >= 11 is 0. The number of carbonyl (C=O) groups excluding carboxylic acids is 1. The van der Waals surface area contributed by atoms with Crippen molar-refractivity contribution in [3.05, 3.63) is 29.8 Å². The minimum atomic E-state index is -3.35. The first-order chi connectivity index (χ1) is 13.6. The van der Waals surface area contributed by atoms with Crippen molar-refractivity contribution >= 4 is 21.6 Å². The van der Waals surface area contributed by atoms with E-state index in [1.54, 1.807) is 0 Å². The van der Waals surface area contributed by atoms with Crippen LogP contribution in [0, 0.1) is 5.41 Å². The van der Waals surface area contributed by atoms with E-state index in [9.17, 15) is 18.3 Å². The number of para-hydroxylation sites is 1. The lowest BCUT2D eigenvalue weighted by molar-refractivity contribution is -0.120. The molecule has 1 aliphatic heterocycles. The zero-order valence-electron chi connectivity index (χ0n) is 17.3. The van der Waals surface area contributed by atoms with Gasteiger partial charge in [0.2, 0.25) is 15.9 Å². The lowest BCUT2D eigenvalue weighted by Crippen LogP contribution is -2.46. The largest absolute Gasteiger partial charge is 0.390 e. The van der Waals surface area contributed by atoms with E-state index < -0.39 is 27.6 Å². The first-order valence-electron chi connectivity index (χ1n) is 10.4. The minimum Gasteiger partial charge on any atom is -0.390 e. The van der Waals surface area contributed by atoms with E-state index in [2.05, 4.69) is 10.8 Å². The molecule has 1 aromatic rings. The third kappa shape index (κ3) is 5.78. The standard InChI is InChI=1S/C21H33N3O4S/c1-21(2,12-17(22)19(25)14-23-29(27,28)16-9-10-16)13-20(26)24-11-5-7-15-6-3-4-8-18(15)24/h3-4,6,8,16-17,19,23,25H,5,7,9-14,22H2,1-2H3/t17-,19-/m0/s1. The molecule has 1 saturated carbocycles. The van der Waals surface area contributed by atoms with Gasteiger partial charge >= 0.3 is 0 Å². The van der Waals surface area contributed by atoms with Crippen LogP contribution in [0.2, 0.25) is 0 Å². The van der Waals surface area contributed by atoms with Crippen LogP contribution in [-0.4, -0.2) is 49.9 Å². The molecule has 4 N–H and O–H groups in total. The van der Waals surface area contributed by atoms with Gasteiger partial charge in [-0.3, -0.25) is 4.79 Å². The molecule has 0 aromatic heterocycles. The molecule has 0 radical (unpaired) electrons. The minimum absolute atomic E-state index is 0.0540. The quantitative estimate of drug-likeness (QED) is 0.558. The topological polar surface area (TPSA) is 113 Å². The van der Waals surface area contributed by atoms with Crippen molar-refractivity contribution in [1.82, 2.24) is 4.72 Å². The van der Waals surface area contributed by atoms with Crippen molar-refractivity contribution in [1.29, 1.82) is 0 Å². The summed E-state index contributed by atoms with van der Waals surface area (Å²) < 4.78 is 26.3. The van der Waals surface area contributed by atoms with Crippen molar-refractivity contribution in [2.45, 2.75) is 69.8 Å². The summed E-state index contributed by atoms with van der Waals surface area (Å²) in [6, 6.07) is 7.38. The SMILES string of the molecule is CC(C)(CC(=O)N1CCCc2ccccc21)C[C@H](N)[C@@H](O)CNS(=O)(=O)C1CC1. The Bertz CT molecular complexity index is 836. The Morgan fingerprint density at radius 2 is 2.03 bits per heavy atom. The first kappa shape index (κ1) is 22.2. The molecule has 1 amide bonds. The van der Waals surface area contributed by atoms with Gasteiger partial charge in [-0.15, -0.1) is 0 Å². The highest BCUT2D eigenvalue weighted by atomic mass is 32.2. The number of hydrogen-bond donors (Lipinski definition) is 3. The van der Waals surface area contributed by atoms with Gasteiger partial charge in [0.15, 0.2) is 0 Å². The molecule has 29 heavy (non-hydrogen) atoms. The van der Waals surface area contributed by atoms with Crippen LogP contribution in [0.25, 0.3) is 0 Å². The molecule has 0 unspecified atom stereocenters. The smallest absolute Gasteiger partial charge is 0.227 e. The lowest BCUT2D eigenvalue weighted by atomic mass is 9.80. The van der Waals surface area contributed by atoms with E-state index in [4.69, 9.17) is 5.73 Å². The zero-order chi connectivity index (χ0) is 21.2.